The highest BCUT2D eigenvalue weighted by molar-refractivity contribution is 5.90. The van der Waals surface area contributed by atoms with Gasteiger partial charge in [-0.05, 0) is 59.9 Å². The Bertz CT molecular complexity index is 1790. The molecule has 1 aliphatic heterocycles. The van der Waals surface area contributed by atoms with Gasteiger partial charge in [-0.15, -0.1) is 0 Å². The van der Waals surface area contributed by atoms with Crippen molar-refractivity contribution in [1.29, 1.82) is 0 Å². The van der Waals surface area contributed by atoms with E-state index in [0.717, 1.165) is 40.7 Å². The first-order valence-electron chi connectivity index (χ1n) is 18.6. The lowest BCUT2D eigenvalue weighted by atomic mass is 9.95. The smallest absolute Gasteiger partial charge is 0.407 e. The molecule has 3 atom stereocenters. The number of aliphatic hydroxyl groups is 1. The van der Waals surface area contributed by atoms with E-state index in [9.17, 15) is 29.1 Å². The molecule has 54 heavy (non-hydrogen) atoms. The molecule has 3 amide bonds. The first kappa shape index (κ1) is 38.2. The highest BCUT2D eigenvalue weighted by Gasteiger charge is 2.37. The second-order valence-electron chi connectivity index (χ2n) is 14.2. The number of hydrogen-bond donors (Lipinski definition) is 4. The molecule has 12 nitrogen and oxygen atoms in total. The Hall–Kier alpha value is -5.49. The van der Waals surface area contributed by atoms with Crippen molar-refractivity contribution in [2.75, 3.05) is 19.8 Å². The molecular formula is C42H47N3O9. The van der Waals surface area contributed by atoms with Gasteiger partial charge in [0.15, 0.2) is 6.04 Å². The lowest BCUT2D eigenvalue weighted by Gasteiger charge is -2.29. The SMILES string of the molecule is O=C(CC1CC=CCCC(NC(=O)OCC2c3ccccc3-c3ccccc32)C(=O)OCC(C(=O)OCc2ccccc2)NC1=O)NC1(CO)CCCC1. The Balaban J connectivity index is 1.13. The zero-order valence-electron chi connectivity index (χ0n) is 30.2. The molecule has 3 unspecified atom stereocenters. The van der Waals surface area contributed by atoms with Gasteiger partial charge < -0.3 is 35.3 Å². The monoisotopic (exact) mass is 737 g/mol. The topological polar surface area (TPSA) is 169 Å². The van der Waals surface area contributed by atoms with E-state index in [1.807, 2.05) is 54.6 Å². The number of carbonyl (C=O) groups excluding carboxylic acids is 5. The van der Waals surface area contributed by atoms with Gasteiger partial charge in [-0.25, -0.2) is 14.4 Å². The van der Waals surface area contributed by atoms with Crippen LogP contribution in [-0.2, 0) is 40.0 Å². The fourth-order valence-electron chi connectivity index (χ4n) is 7.45. The van der Waals surface area contributed by atoms with Crippen LogP contribution in [0.2, 0.25) is 0 Å². The third-order valence-electron chi connectivity index (χ3n) is 10.4. The lowest BCUT2D eigenvalue weighted by Crippen LogP contribution is -2.51. The summed E-state index contributed by atoms with van der Waals surface area (Å²) < 4.78 is 16.7. The molecule has 284 valence electrons. The second kappa shape index (κ2) is 18.0. The normalized spacial score (nSPS) is 21.2. The lowest BCUT2D eigenvalue weighted by molar-refractivity contribution is -0.156. The number of esters is 2. The highest BCUT2D eigenvalue weighted by Crippen LogP contribution is 2.44. The Morgan fingerprint density at radius 1 is 0.870 bits per heavy atom. The molecule has 0 aromatic heterocycles. The number of carbonyl (C=O) groups is 5. The van der Waals surface area contributed by atoms with E-state index in [1.165, 1.54) is 0 Å². The van der Waals surface area contributed by atoms with Gasteiger partial charge in [0.1, 0.15) is 25.9 Å². The van der Waals surface area contributed by atoms with Crippen molar-refractivity contribution in [1.82, 2.24) is 16.0 Å². The van der Waals surface area contributed by atoms with Crippen molar-refractivity contribution >= 4 is 29.8 Å². The summed E-state index contributed by atoms with van der Waals surface area (Å²) in [6.45, 7) is -0.788. The molecular weight excluding hydrogens is 690 g/mol. The third-order valence-corrected chi connectivity index (χ3v) is 10.4. The van der Waals surface area contributed by atoms with E-state index in [1.54, 1.807) is 36.4 Å². The summed E-state index contributed by atoms with van der Waals surface area (Å²) >= 11 is 0. The van der Waals surface area contributed by atoms with E-state index in [-0.39, 0.29) is 50.9 Å². The average molecular weight is 738 g/mol. The molecule has 12 heteroatoms. The van der Waals surface area contributed by atoms with E-state index >= 15 is 0 Å². The summed E-state index contributed by atoms with van der Waals surface area (Å²) in [6.07, 6.45) is 6.24. The van der Waals surface area contributed by atoms with Gasteiger partial charge in [0.05, 0.1) is 18.1 Å². The summed E-state index contributed by atoms with van der Waals surface area (Å²) in [6, 6.07) is 22.4. The number of alkyl carbamates (subject to hydrolysis) is 1. The van der Waals surface area contributed by atoms with Crippen molar-refractivity contribution in [3.63, 3.8) is 0 Å². The maximum atomic E-state index is 13.7. The Labute approximate surface area is 314 Å². The minimum Gasteiger partial charge on any atom is -0.461 e. The predicted molar refractivity (Wildman–Crippen MR) is 199 cm³/mol. The first-order chi connectivity index (χ1) is 26.2. The van der Waals surface area contributed by atoms with Crippen LogP contribution < -0.4 is 16.0 Å². The molecule has 1 saturated carbocycles. The average Bonchev–Trinajstić information content (AvgIpc) is 3.79. The van der Waals surface area contributed by atoms with Crippen LogP contribution in [0.25, 0.3) is 11.1 Å². The van der Waals surface area contributed by atoms with Crippen LogP contribution >= 0.6 is 0 Å². The summed E-state index contributed by atoms with van der Waals surface area (Å²) in [5.74, 6) is -3.66. The molecule has 2 aliphatic carbocycles. The van der Waals surface area contributed by atoms with E-state index in [4.69, 9.17) is 14.2 Å². The van der Waals surface area contributed by atoms with Crippen LogP contribution in [0.1, 0.15) is 74.0 Å². The van der Waals surface area contributed by atoms with Crippen LogP contribution in [-0.4, -0.2) is 72.4 Å². The molecule has 4 N–H and O–H groups in total. The molecule has 3 aliphatic rings. The van der Waals surface area contributed by atoms with Gasteiger partial charge in [0.25, 0.3) is 0 Å². The molecule has 0 bridgehead atoms. The number of nitrogens with one attached hydrogen (secondary N) is 3. The number of aliphatic hydroxyl groups excluding tert-OH is 1. The minimum absolute atomic E-state index is 0.0529. The van der Waals surface area contributed by atoms with Crippen LogP contribution in [0.15, 0.2) is 91.0 Å². The van der Waals surface area contributed by atoms with Gasteiger partial charge in [-0.3, -0.25) is 9.59 Å². The van der Waals surface area contributed by atoms with Crippen LogP contribution in [0.4, 0.5) is 4.79 Å². The largest absolute Gasteiger partial charge is 0.461 e. The van der Waals surface area contributed by atoms with Crippen molar-refractivity contribution in [3.05, 3.63) is 108 Å². The summed E-state index contributed by atoms with van der Waals surface area (Å²) in [7, 11) is 0. The number of amides is 3. The molecule has 0 spiro atoms. The molecule has 3 aromatic carbocycles. The van der Waals surface area contributed by atoms with Crippen molar-refractivity contribution in [2.45, 2.75) is 81.5 Å². The maximum Gasteiger partial charge on any atom is 0.407 e. The second-order valence-corrected chi connectivity index (χ2v) is 14.2. The number of benzene rings is 3. The molecule has 0 saturated heterocycles. The number of fused-ring (bicyclic) bond motifs is 3. The summed E-state index contributed by atoms with van der Waals surface area (Å²) in [5.41, 5.74) is 4.28. The molecule has 0 radical (unpaired) electrons. The zero-order valence-corrected chi connectivity index (χ0v) is 30.2. The fraction of sp³-hybridized carbons (Fsp3) is 0.405. The van der Waals surface area contributed by atoms with Crippen LogP contribution in [0.3, 0.4) is 0 Å². The quantitative estimate of drug-likeness (QED) is 0.129. The summed E-state index contributed by atoms with van der Waals surface area (Å²) in [5, 5.41) is 18.2. The standard InChI is InChI=1S/C42H47N3O9/c46-27-42(21-11-12-22-42)45-37(47)23-29-15-5-2-6-20-35(39(49)53-26-36(43-38(29)48)40(50)52-24-28-13-3-1-4-14-28)44-41(51)54-25-34-32-18-9-7-16-30(32)31-17-8-10-19-33(31)34/h1-5,7-10,13-14,16-19,29,34-36,46H,6,11-12,15,20-27H2,(H,43,48)(H,44,51)(H,45,47). The van der Waals surface area contributed by atoms with Crippen molar-refractivity contribution in [3.8, 4) is 11.1 Å². The van der Waals surface area contributed by atoms with Crippen LogP contribution in [0.5, 0.6) is 0 Å². The highest BCUT2D eigenvalue weighted by atomic mass is 16.6. The van der Waals surface area contributed by atoms with E-state index in [0.29, 0.717) is 19.3 Å². The predicted octanol–water partition coefficient (Wildman–Crippen LogP) is 4.83. The summed E-state index contributed by atoms with van der Waals surface area (Å²) in [4.78, 5) is 66.8. The van der Waals surface area contributed by atoms with Crippen LogP contribution in [0, 0.1) is 5.92 Å². The Morgan fingerprint density at radius 3 is 2.22 bits per heavy atom. The van der Waals surface area contributed by atoms with E-state index in [2.05, 4.69) is 16.0 Å². The molecule has 1 fully saturated rings. The zero-order chi connectivity index (χ0) is 37.9. The molecule has 3 aromatic rings. The molecule has 6 rings (SSSR count). The maximum absolute atomic E-state index is 13.7. The van der Waals surface area contributed by atoms with Crippen molar-refractivity contribution < 1.29 is 43.3 Å². The number of allylic oxidation sites excluding steroid dienone is 2. The number of cyclic esters (lactones) is 1. The Kier molecular flexibility index (Phi) is 12.8. The van der Waals surface area contributed by atoms with Gasteiger partial charge in [-0.2, -0.15) is 0 Å². The van der Waals surface area contributed by atoms with Gasteiger partial charge >= 0.3 is 18.0 Å². The van der Waals surface area contributed by atoms with Gasteiger partial charge in [-0.1, -0.05) is 104 Å². The van der Waals surface area contributed by atoms with E-state index < -0.39 is 54.1 Å². The first-order valence-corrected chi connectivity index (χ1v) is 18.6. The van der Waals surface area contributed by atoms with Gasteiger partial charge in [0, 0.05) is 12.3 Å². The Morgan fingerprint density at radius 2 is 1.54 bits per heavy atom. The minimum atomic E-state index is -1.39. The molecule has 1 heterocycles. The third kappa shape index (κ3) is 9.54. The number of ether oxygens (including phenoxy) is 3. The van der Waals surface area contributed by atoms with Crippen molar-refractivity contribution in [2.24, 2.45) is 5.92 Å². The number of hydrogen-bond acceptors (Lipinski definition) is 9. The number of rotatable bonds is 10. The fourth-order valence-corrected chi connectivity index (χ4v) is 7.45. The van der Waals surface area contributed by atoms with Gasteiger partial charge in [0.2, 0.25) is 11.8 Å².